The highest BCUT2D eigenvalue weighted by Gasteiger charge is 2.56. The van der Waals surface area contributed by atoms with Crippen LogP contribution in [0.3, 0.4) is 0 Å². The van der Waals surface area contributed by atoms with Gasteiger partial charge in [-0.1, -0.05) is 43.6 Å². The number of carbonyl (C=O) groups is 1. The van der Waals surface area contributed by atoms with E-state index in [4.69, 9.17) is 11.6 Å². The first-order chi connectivity index (χ1) is 19.6. The van der Waals surface area contributed by atoms with Gasteiger partial charge < -0.3 is 15.3 Å². The molecule has 0 aromatic heterocycles. The van der Waals surface area contributed by atoms with Crippen LogP contribution in [0.1, 0.15) is 48.2 Å². The summed E-state index contributed by atoms with van der Waals surface area (Å²) in [5.74, 6) is -0.840. The minimum atomic E-state index is -4.05. The van der Waals surface area contributed by atoms with Crippen LogP contribution in [0.25, 0.3) is 0 Å². The lowest BCUT2D eigenvalue weighted by Crippen LogP contribution is -2.55. The van der Waals surface area contributed by atoms with Gasteiger partial charge in [0.2, 0.25) is 0 Å². The number of halogens is 2. The van der Waals surface area contributed by atoms with Crippen molar-refractivity contribution >= 4 is 33.2 Å². The van der Waals surface area contributed by atoms with Gasteiger partial charge in [0.15, 0.2) is 0 Å². The van der Waals surface area contributed by atoms with Crippen molar-refractivity contribution in [3.63, 3.8) is 0 Å². The molecule has 3 aromatic carbocycles. The molecule has 5 rings (SSSR count). The van der Waals surface area contributed by atoms with Gasteiger partial charge in [-0.3, -0.25) is 9.10 Å². The van der Waals surface area contributed by atoms with Crippen molar-refractivity contribution in [3.8, 4) is 0 Å². The number of carbonyl (C=O) groups excluding carboxylic acids is 1. The van der Waals surface area contributed by atoms with Crippen LogP contribution in [0.5, 0.6) is 0 Å². The van der Waals surface area contributed by atoms with Gasteiger partial charge in [0.05, 0.1) is 23.2 Å². The van der Waals surface area contributed by atoms with Crippen LogP contribution in [0.4, 0.5) is 10.1 Å². The molecular formula is C31H35ClFN3O4S. The maximum atomic E-state index is 14.2. The average Bonchev–Trinajstić information content (AvgIpc) is 3.24. The monoisotopic (exact) mass is 599 g/mol. The third-order valence-corrected chi connectivity index (χ3v) is 10.6. The van der Waals surface area contributed by atoms with Crippen molar-refractivity contribution in [2.24, 2.45) is 5.92 Å². The van der Waals surface area contributed by atoms with Gasteiger partial charge in [-0.05, 0) is 91.5 Å². The van der Waals surface area contributed by atoms with Gasteiger partial charge in [-0.25, -0.2) is 12.8 Å². The van der Waals surface area contributed by atoms with E-state index in [9.17, 15) is 22.7 Å². The van der Waals surface area contributed by atoms with Crippen molar-refractivity contribution in [3.05, 3.63) is 94.3 Å². The molecule has 1 atom stereocenters. The van der Waals surface area contributed by atoms with E-state index in [-0.39, 0.29) is 29.9 Å². The van der Waals surface area contributed by atoms with E-state index in [0.717, 1.165) is 23.3 Å². The lowest BCUT2D eigenvalue weighted by molar-refractivity contribution is 0.0950. The number of aliphatic hydroxyl groups excluding tert-OH is 1. The number of nitrogens with zero attached hydrogens (tertiary/aromatic N) is 2. The van der Waals surface area contributed by atoms with E-state index in [2.05, 4.69) is 10.2 Å². The van der Waals surface area contributed by atoms with Crippen LogP contribution in [0.15, 0.2) is 71.6 Å². The summed E-state index contributed by atoms with van der Waals surface area (Å²) in [6.45, 7) is 6.28. The Labute approximate surface area is 246 Å². The number of benzene rings is 3. The number of hydrogen-bond acceptors (Lipinski definition) is 5. The molecule has 3 aromatic rings. The van der Waals surface area contributed by atoms with E-state index in [1.807, 2.05) is 38.1 Å². The predicted octanol–water partition coefficient (Wildman–Crippen LogP) is 4.97. The normalized spacial score (nSPS) is 18.6. The SMILES string of the molecule is CC(C)C1N(S(=O)(=O)c2ccc(F)cc2)c2ccc(C(=O)NCc3ccccc3Cl)cc2C12CCN(CCO)CC2. The fourth-order valence-electron chi connectivity index (χ4n) is 6.51. The predicted molar refractivity (Wildman–Crippen MR) is 158 cm³/mol. The minimum Gasteiger partial charge on any atom is -0.395 e. The summed E-state index contributed by atoms with van der Waals surface area (Å²) in [4.78, 5) is 15.5. The quantitative estimate of drug-likeness (QED) is 0.382. The van der Waals surface area contributed by atoms with E-state index in [1.54, 1.807) is 18.2 Å². The van der Waals surface area contributed by atoms with Crippen LogP contribution in [0, 0.1) is 11.7 Å². The zero-order chi connectivity index (χ0) is 29.4. The number of sulfonamides is 1. The number of nitrogens with one attached hydrogen (secondary N) is 1. The van der Waals surface area contributed by atoms with Gasteiger partial charge in [-0.2, -0.15) is 0 Å². The Kier molecular flexibility index (Phi) is 8.43. The first kappa shape index (κ1) is 29.5. The molecule has 1 saturated heterocycles. The molecule has 1 amide bonds. The van der Waals surface area contributed by atoms with Crippen molar-refractivity contribution in [1.29, 1.82) is 0 Å². The lowest BCUT2D eigenvalue weighted by atomic mass is 9.66. The summed E-state index contributed by atoms with van der Waals surface area (Å²) in [7, 11) is -4.05. The van der Waals surface area contributed by atoms with E-state index < -0.39 is 27.3 Å². The number of amides is 1. The van der Waals surface area contributed by atoms with Gasteiger partial charge in [0, 0.05) is 29.1 Å². The van der Waals surface area contributed by atoms with E-state index in [0.29, 0.717) is 48.7 Å². The molecule has 1 unspecified atom stereocenters. The number of aliphatic hydroxyl groups is 1. The molecule has 0 aliphatic carbocycles. The van der Waals surface area contributed by atoms with Crippen molar-refractivity contribution in [1.82, 2.24) is 10.2 Å². The fourth-order valence-corrected chi connectivity index (χ4v) is 8.58. The summed E-state index contributed by atoms with van der Waals surface area (Å²) >= 11 is 6.27. The molecule has 41 heavy (non-hydrogen) atoms. The van der Waals surface area contributed by atoms with Crippen LogP contribution in [0.2, 0.25) is 5.02 Å². The maximum absolute atomic E-state index is 14.2. The molecule has 0 radical (unpaired) electrons. The molecule has 2 aliphatic heterocycles. The van der Waals surface area contributed by atoms with E-state index in [1.165, 1.54) is 16.4 Å². The van der Waals surface area contributed by atoms with Gasteiger partial charge >= 0.3 is 0 Å². The summed E-state index contributed by atoms with van der Waals surface area (Å²) in [6.07, 6.45) is 1.34. The van der Waals surface area contributed by atoms with Crippen molar-refractivity contribution in [2.45, 2.75) is 49.6 Å². The number of piperidine rings is 1. The second-order valence-corrected chi connectivity index (χ2v) is 13.4. The lowest BCUT2D eigenvalue weighted by Gasteiger charge is -2.46. The smallest absolute Gasteiger partial charge is 0.264 e. The Hall–Kier alpha value is -2.98. The number of rotatable bonds is 8. The number of fused-ring (bicyclic) bond motifs is 2. The zero-order valence-corrected chi connectivity index (χ0v) is 24.8. The Morgan fingerprint density at radius 3 is 2.41 bits per heavy atom. The first-order valence-electron chi connectivity index (χ1n) is 13.9. The Balaban J connectivity index is 1.57. The van der Waals surface area contributed by atoms with Crippen LogP contribution in [-0.2, 0) is 22.0 Å². The third-order valence-electron chi connectivity index (χ3n) is 8.42. The largest absolute Gasteiger partial charge is 0.395 e. The molecule has 218 valence electrons. The second-order valence-electron chi connectivity index (χ2n) is 11.2. The molecule has 2 heterocycles. The molecule has 2 N–H and O–H groups in total. The Bertz CT molecular complexity index is 1520. The fraction of sp³-hybridized carbons (Fsp3) is 0.387. The Morgan fingerprint density at radius 1 is 1.10 bits per heavy atom. The summed E-state index contributed by atoms with van der Waals surface area (Å²) in [5, 5.41) is 13.0. The highest BCUT2D eigenvalue weighted by Crippen LogP contribution is 2.55. The minimum absolute atomic E-state index is 0.0202. The summed E-state index contributed by atoms with van der Waals surface area (Å²) < 4.78 is 43.6. The molecule has 7 nitrogen and oxygen atoms in total. The molecule has 10 heteroatoms. The van der Waals surface area contributed by atoms with Crippen LogP contribution >= 0.6 is 11.6 Å². The van der Waals surface area contributed by atoms with Crippen LogP contribution < -0.4 is 9.62 Å². The zero-order valence-electron chi connectivity index (χ0n) is 23.2. The third kappa shape index (κ3) is 5.48. The standard InChI is InChI=1S/C31H35ClFN3O4S/c1-21(2)29-31(13-15-35(16-14-31)17-18-37)26-19-22(30(38)34-20-23-5-3-4-6-27(23)32)7-12-28(26)36(29)41(39,40)25-10-8-24(33)9-11-25/h3-12,19,21,29,37H,13-18,20H2,1-2H3,(H,34,38). The first-order valence-corrected chi connectivity index (χ1v) is 15.7. The molecule has 0 bridgehead atoms. The highest BCUT2D eigenvalue weighted by molar-refractivity contribution is 7.92. The average molecular weight is 600 g/mol. The Morgan fingerprint density at radius 2 is 1.78 bits per heavy atom. The number of anilines is 1. The summed E-state index contributed by atoms with van der Waals surface area (Å²) in [5.41, 5.74) is 2.08. The molecular weight excluding hydrogens is 565 g/mol. The number of β-amino-alcohol motifs (C(OH)–C–C–N with tert-alkyl or cyclic N) is 1. The molecule has 1 spiro atoms. The van der Waals surface area contributed by atoms with Gasteiger partial charge in [0.25, 0.3) is 15.9 Å². The highest BCUT2D eigenvalue weighted by atomic mass is 35.5. The molecule has 0 saturated carbocycles. The number of hydrogen-bond donors (Lipinski definition) is 2. The topological polar surface area (TPSA) is 90.0 Å². The van der Waals surface area contributed by atoms with Gasteiger partial charge in [0.1, 0.15) is 5.82 Å². The number of likely N-dealkylation sites (tertiary alicyclic amines) is 1. The van der Waals surface area contributed by atoms with Crippen molar-refractivity contribution in [2.75, 3.05) is 30.5 Å². The molecule has 1 fully saturated rings. The van der Waals surface area contributed by atoms with Crippen molar-refractivity contribution < 1.29 is 22.7 Å². The molecule has 2 aliphatic rings. The van der Waals surface area contributed by atoms with Crippen LogP contribution in [-0.4, -0.2) is 56.6 Å². The summed E-state index contributed by atoms with van der Waals surface area (Å²) in [6, 6.07) is 17.0. The second kappa shape index (κ2) is 11.7. The maximum Gasteiger partial charge on any atom is 0.264 e. The van der Waals surface area contributed by atoms with Gasteiger partial charge in [-0.15, -0.1) is 0 Å². The van der Waals surface area contributed by atoms with E-state index >= 15 is 0 Å².